The van der Waals surface area contributed by atoms with Gasteiger partial charge in [0.15, 0.2) is 0 Å². The van der Waals surface area contributed by atoms with Gasteiger partial charge in [-0.1, -0.05) is 75.7 Å². The average Bonchev–Trinajstić information content (AvgIpc) is 2.65. The van der Waals surface area contributed by atoms with Gasteiger partial charge in [-0.15, -0.1) is 0 Å². The minimum Gasteiger partial charge on any atom is -0.255 e. The number of rotatable bonds is 3. The highest BCUT2D eigenvalue weighted by molar-refractivity contribution is 6.50. The molecule has 0 saturated heterocycles. The van der Waals surface area contributed by atoms with Crippen LogP contribution in [0.25, 0.3) is 22.4 Å². The minimum atomic E-state index is 0.189. The summed E-state index contributed by atoms with van der Waals surface area (Å²) in [6.45, 7) is 0. The number of benzene rings is 2. The van der Waals surface area contributed by atoms with Gasteiger partial charge < -0.3 is 0 Å². The van der Waals surface area contributed by atoms with E-state index < -0.39 is 0 Å². The van der Waals surface area contributed by atoms with Crippen molar-refractivity contribution >= 4 is 69.6 Å². The molecule has 1 aromatic heterocycles. The fourth-order valence-electron chi connectivity index (χ4n) is 2.56. The largest absolute Gasteiger partial charge is 0.255 e. The molecule has 3 aromatic rings. The molecule has 2 aromatic carbocycles. The zero-order valence-electron chi connectivity index (χ0n) is 13.3. The smallest absolute Gasteiger partial charge is 0.0796 e. The van der Waals surface area contributed by atoms with Crippen LogP contribution < -0.4 is 0 Å². The first-order valence-corrected chi connectivity index (χ1v) is 9.75. The molecule has 0 bridgehead atoms. The molecular weight excluding hydrogens is 469 g/mol. The van der Waals surface area contributed by atoms with Crippen LogP contribution in [0.3, 0.4) is 0 Å². The van der Waals surface area contributed by atoms with Gasteiger partial charge in [-0.25, -0.2) is 0 Å². The maximum Gasteiger partial charge on any atom is 0.0796 e. The van der Waals surface area contributed by atoms with Crippen LogP contribution in [0, 0.1) is 11.3 Å². The van der Waals surface area contributed by atoms with Crippen molar-refractivity contribution in [1.82, 2.24) is 4.98 Å². The number of hydrogen-bond acceptors (Lipinski definition) is 2. The highest BCUT2D eigenvalue weighted by Crippen LogP contribution is 2.44. The number of nitrogens with zero attached hydrogens (tertiary/aromatic N) is 2. The van der Waals surface area contributed by atoms with Gasteiger partial charge in [0.1, 0.15) is 0 Å². The third-order valence-electron chi connectivity index (χ3n) is 3.84. The van der Waals surface area contributed by atoms with Crippen molar-refractivity contribution in [2.24, 2.45) is 0 Å². The summed E-state index contributed by atoms with van der Waals surface area (Å²) >= 11 is 37.3. The van der Waals surface area contributed by atoms with Gasteiger partial charge in [0.2, 0.25) is 0 Å². The summed E-state index contributed by atoms with van der Waals surface area (Å²) in [7, 11) is 0. The number of nitriles is 1. The maximum absolute atomic E-state index is 9.02. The predicted octanol–water partition coefficient (Wildman–Crippen LogP) is 8.40. The molecule has 0 fully saturated rings. The van der Waals surface area contributed by atoms with E-state index in [0.29, 0.717) is 32.4 Å². The molecule has 0 radical (unpaired) electrons. The van der Waals surface area contributed by atoms with E-state index >= 15 is 0 Å². The van der Waals surface area contributed by atoms with Crippen LogP contribution >= 0.6 is 69.6 Å². The van der Waals surface area contributed by atoms with Crippen LogP contribution in [0.15, 0.2) is 36.5 Å². The zero-order chi connectivity index (χ0) is 19.7. The Hall–Kier alpha value is -1.18. The van der Waals surface area contributed by atoms with E-state index in [4.69, 9.17) is 74.9 Å². The standard InChI is InChI=1S/C19H8Cl6N2/c20-13-3-1-10(15(22)17(13)24)12-7-9(5-6-26)8-27-19(12)11-2-4-14(21)18(25)16(11)23/h1-4,7-8H,5H2. The summed E-state index contributed by atoms with van der Waals surface area (Å²) in [5.74, 6) is 0. The molecule has 0 atom stereocenters. The molecule has 0 spiro atoms. The van der Waals surface area contributed by atoms with E-state index in [1.54, 1.807) is 30.5 Å². The van der Waals surface area contributed by atoms with Gasteiger partial charge in [0, 0.05) is 22.9 Å². The third kappa shape index (κ3) is 4.00. The molecule has 8 heteroatoms. The molecule has 136 valence electrons. The highest BCUT2D eigenvalue weighted by Gasteiger charge is 2.19. The van der Waals surface area contributed by atoms with Gasteiger partial charge >= 0.3 is 0 Å². The maximum atomic E-state index is 9.02. The SMILES string of the molecule is N#CCc1cnc(-c2ccc(Cl)c(Cl)c2Cl)c(-c2ccc(Cl)c(Cl)c2Cl)c1. The normalized spacial score (nSPS) is 10.7. The van der Waals surface area contributed by atoms with Crippen molar-refractivity contribution in [2.45, 2.75) is 6.42 Å². The van der Waals surface area contributed by atoms with Gasteiger partial charge in [0.25, 0.3) is 0 Å². The van der Waals surface area contributed by atoms with Crippen molar-refractivity contribution in [2.75, 3.05) is 0 Å². The molecule has 0 amide bonds. The monoisotopic (exact) mass is 474 g/mol. The molecule has 2 nitrogen and oxygen atoms in total. The molecule has 1 heterocycles. The minimum absolute atomic E-state index is 0.189. The summed E-state index contributed by atoms with van der Waals surface area (Å²) in [4.78, 5) is 4.50. The lowest BCUT2D eigenvalue weighted by atomic mass is 9.97. The lowest BCUT2D eigenvalue weighted by molar-refractivity contribution is 1.19. The van der Waals surface area contributed by atoms with E-state index in [-0.39, 0.29) is 26.5 Å². The molecule has 0 N–H and O–H groups in total. The third-order valence-corrected chi connectivity index (χ3v) is 6.43. The summed E-state index contributed by atoms with van der Waals surface area (Å²) in [5, 5.41) is 10.7. The van der Waals surface area contributed by atoms with Crippen LogP contribution in [-0.2, 0) is 6.42 Å². The molecule has 3 rings (SSSR count). The summed E-state index contributed by atoms with van der Waals surface area (Å²) < 4.78 is 0. The Morgan fingerprint density at radius 3 is 1.89 bits per heavy atom. The number of halogens is 6. The van der Waals surface area contributed by atoms with Crippen LogP contribution in [0.1, 0.15) is 5.56 Å². The van der Waals surface area contributed by atoms with Crippen LogP contribution in [0.4, 0.5) is 0 Å². The molecule has 0 aliphatic heterocycles. The second-order valence-corrected chi connectivity index (χ2v) is 7.85. The Bertz CT molecular complexity index is 1090. The van der Waals surface area contributed by atoms with E-state index in [1.807, 2.05) is 6.07 Å². The second-order valence-electron chi connectivity index (χ2n) is 5.52. The van der Waals surface area contributed by atoms with Gasteiger partial charge in [-0.3, -0.25) is 4.98 Å². The summed E-state index contributed by atoms with van der Waals surface area (Å²) in [5.41, 5.74) is 3.07. The number of aromatic nitrogens is 1. The second kappa shape index (κ2) is 8.45. The Labute approximate surface area is 186 Å². The first kappa shape index (κ1) is 20.6. The highest BCUT2D eigenvalue weighted by atomic mass is 35.5. The molecule has 27 heavy (non-hydrogen) atoms. The number of pyridine rings is 1. The van der Waals surface area contributed by atoms with Crippen LogP contribution in [-0.4, -0.2) is 4.98 Å². The van der Waals surface area contributed by atoms with E-state index in [2.05, 4.69) is 11.1 Å². The molecular formula is C19H8Cl6N2. The van der Waals surface area contributed by atoms with Gasteiger partial charge in [-0.05, 0) is 29.8 Å². The molecule has 0 aliphatic carbocycles. The molecule has 0 unspecified atom stereocenters. The molecule has 0 aliphatic rings. The van der Waals surface area contributed by atoms with Gasteiger partial charge in [-0.2, -0.15) is 5.26 Å². The Morgan fingerprint density at radius 2 is 1.30 bits per heavy atom. The lowest BCUT2D eigenvalue weighted by Crippen LogP contribution is -1.95. The van der Waals surface area contributed by atoms with Crippen molar-refractivity contribution in [3.63, 3.8) is 0 Å². The van der Waals surface area contributed by atoms with Crippen LogP contribution in [0.5, 0.6) is 0 Å². The Kier molecular flexibility index (Phi) is 6.43. The summed E-state index contributed by atoms with van der Waals surface area (Å²) in [6.07, 6.45) is 1.79. The van der Waals surface area contributed by atoms with Crippen molar-refractivity contribution in [1.29, 1.82) is 5.26 Å². The predicted molar refractivity (Wildman–Crippen MR) is 114 cm³/mol. The average molecular weight is 477 g/mol. The topological polar surface area (TPSA) is 36.7 Å². The van der Waals surface area contributed by atoms with Gasteiger partial charge in [0.05, 0.1) is 48.3 Å². The van der Waals surface area contributed by atoms with E-state index in [0.717, 1.165) is 5.56 Å². The lowest BCUT2D eigenvalue weighted by Gasteiger charge is -2.15. The molecule has 0 saturated carbocycles. The first-order chi connectivity index (χ1) is 12.8. The summed E-state index contributed by atoms with van der Waals surface area (Å²) in [6, 6.07) is 10.6. The van der Waals surface area contributed by atoms with Crippen molar-refractivity contribution in [3.05, 3.63) is 72.2 Å². The first-order valence-electron chi connectivity index (χ1n) is 7.48. The van der Waals surface area contributed by atoms with E-state index in [1.165, 1.54) is 0 Å². The Morgan fingerprint density at radius 1 is 0.741 bits per heavy atom. The van der Waals surface area contributed by atoms with Crippen molar-refractivity contribution < 1.29 is 0 Å². The fourth-order valence-corrected chi connectivity index (χ4v) is 3.82. The Balaban J connectivity index is 2.33. The van der Waals surface area contributed by atoms with E-state index in [9.17, 15) is 0 Å². The quantitative estimate of drug-likeness (QED) is 0.356. The zero-order valence-corrected chi connectivity index (χ0v) is 17.9. The fraction of sp³-hybridized carbons (Fsp3) is 0.0526. The number of hydrogen-bond donors (Lipinski definition) is 0. The van der Waals surface area contributed by atoms with Crippen molar-refractivity contribution in [3.8, 4) is 28.5 Å². The van der Waals surface area contributed by atoms with Crippen LogP contribution in [0.2, 0.25) is 30.1 Å².